The standard InChI is InChI=1S/C20H27N3O2/c24-15-18(25)14-23-10-2-6-20(23)7-11-22(12-8-20)17-4-5-19-16(13-17)3-1-9-21-19/h1,3-5,9,13,18,24-25H,2,6-8,10-12,14-15H2. The summed E-state index contributed by atoms with van der Waals surface area (Å²) in [6.45, 7) is 3.57. The van der Waals surface area contributed by atoms with Gasteiger partial charge in [-0.15, -0.1) is 0 Å². The third-order valence-electron chi connectivity index (χ3n) is 6.03. The van der Waals surface area contributed by atoms with Crippen molar-refractivity contribution < 1.29 is 10.2 Å². The largest absolute Gasteiger partial charge is 0.394 e. The minimum atomic E-state index is -0.624. The molecule has 2 aliphatic rings. The first-order valence-electron chi connectivity index (χ1n) is 9.34. The van der Waals surface area contributed by atoms with E-state index in [4.69, 9.17) is 5.11 Å². The lowest BCUT2D eigenvalue weighted by Gasteiger charge is -2.46. The lowest BCUT2D eigenvalue weighted by Crippen LogP contribution is -2.54. The van der Waals surface area contributed by atoms with Crippen molar-refractivity contribution in [1.82, 2.24) is 9.88 Å². The molecule has 4 rings (SSSR count). The summed E-state index contributed by atoms with van der Waals surface area (Å²) in [5.74, 6) is 0. The molecule has 5 heteroatoms. The molecular weight excluding hydrogens is 314 g/mol. The van der Waals surface area contributed by atoms with Gasteiger partial charge in [0.2, 0.25) is 0 Å². The number of hydrogen-bond acceptors (Lipinski definition) is 5. The minimum Gasteiger partial charge on any atom is -0.394 e. The van der Waals surface area contributed by atoms with Gasteiger partial charge < -0.3 is 15.1 Å². The van der Waals surface area contributed by atoms with Crippen molar-refractivity contribution in [3.63, 3.8) is 0 Å². The molecule has 134 valence electrons. The smallest absolute Gasteiger partial charge is 0.0897 e. The number of pyridine rings is 1. The van der Waals surface area contributed by atoms with Gasteiger partial charge in [0.15, 0.2) is 0 Å². The first kappa shape index (κ1) is 16.8. The van der Waals surface area contributed by atoms with E-state index < -0.39 is 6.10 Å². The molecule has 1 unspecified atom stereocenters. The van der Waals surface area contributed by atoms with Gasteiger partial charge in [0.05, 0.1) is 18.2 Å². The zero-order valence-corrected chi connectivity index (χ0v) is 14.6. The van der Waals surface area contributed by atoms with Crippen LogP contribution < -0.4 is 4.90 Å². The fourth-order valence-electron chi connectivity index (χ4n) is 4.60. The van der Waals surface area contributed by atoms with Crippen LogP contribution in [0.1, 0.15) is 25.7 Å². The zero-order chi connectivity index (χ0) is 17.3. The van der Waals surface area contributed by atoms with Crippen molar-refractivity contribution in [3.05, 3.63) is 36.5 Å². The Morgan fingerprint density at radius 3 is 2.76 bits per heavy atom. The summed E-state index contributed by atoms with van der Waals surface area (Å²) in [4.78, 5) is 9.30. The minimum absolute atomic E-state index is 0.149. The molecule has 1 spiro atoms. The Bertz CT molecular complexity index is 728. The van der Waals surface area contributed by atoms with Crippen LogP contribution in [0.3, 0.4) is 0 Å². The number of aliphatic hydroxyl groups excluding tert-OH is 2. The predicted molar refractivity (Wildman–Crippen MR) is 99.8 cm³/mol. The fraction of sp³-hybridized carbons (Fsp3) is 0.550. The molecular formula is C20H27N3O2. The van der Waals surface area contributed by atoms with E-state index in [1.54, 1.807) is 0 Å². The van der Waals surface area contributed by atoms with Gasteiger partial charge in [-0.05, 0) is 56.5 Å². The molecule has 0 saturated carbocycles. The van der Waals surface area contributed by atoms with Gasteiger partial charge in [-0.1, -0.05) is 6.07 Å². The lowest BCUT2D eigenvalue weighted by molar-refractivity contribution is 0.0208. The van der Waals surface area contributed by atoms with Crippen LogP contribution in [0.5, 0.6) is 0 Å². The van der Waals surface area contributed by atoms with Crippen LogP contribution in [0.25, 0.3) is 10.9 Å². The summed E-state index contributed by atoms with van der Waals surface area (Å²) in [6.07, 6.45) is 5.86. The van der Waals surface area contributed by atoms with E-state index in [9.17, 15) is 5.11 Å². The van der Waals surface area contributed by atoms with Gasteiger partial charge in [0.1, 0.15) is 0 Å². The number of piperidine rings is 1. The van der Waals surface area contributed by atoms with E-state index in [1.165, 1.54) is 23.9 Å². The Balaban J connectivity index is 1.46. The van der Waals surface area contributed by atoms with Crippen LogP contribution in [0, 0.1) is 0 Å². The number of β-amino-alcohol motifs (C(OH)–C–C–N with tert-alkyl or cyclic N) is 1. The highest BCUT2D eigenvalue weighted by Crippen LogP contribution is 2.39. The van der Waals surface area contributed by atoms with Crippen LogP contribution in [0.4, 0.5) is 5.69 Å². The predicted octanol–water partition coefficient (Wildman–Crippen LogP) is 2.02. The highest BCUT2D eigenvalue weighted by atomic mass is 16.3. The first-order valence-corrected chi connectivity index (χ1v) is 9.34. The van der Waals surface area contributed by atoms with Crippen molar-refractivity contribution in [2.24, 2.45) is 0 Å². The summed E-state index contributed by atoms with van der Waals surface area (Å²) in [5, 5.41) is 20.2. The molecule has 2 saturated heterocycles. The number of likely N-dealkylation sites (tertiary alicyclic amines) is 1. The number of nitrogens with zero attached hydrogens (tertiary/aromatic N) is 3. The second kappa shape index (κ2) is 6.90. The maximum atomic E-state index is 9.85. The molecule has 0 bridgehead atoms. The molecule has 3 heterocycles. The van der Waals surface area contributed by atoms with Crippen molar-refractivity contribution in [3.8, 4) is 0 Å². The number of aromatic nitrogens is 1. The topological polar surface area (TPSA) is 59.8 Å². The maximum absolute atomic E-state index is 9.85. The molecule has 0 radical (unpaired) electrons. The molecule has 0 aliphatic carbocycles. The molecule has 1 atom stereocenters. The molecule has 2 aliphatic heterocycles. The quantitative estimate of drug-likeness (QED) is 0.891. The summed E-state index contributed by atoms with van der Waals surface area (Å²) >= 11 is 0. The van der Waals surface area contributed by atoms with Crippen LogP contribution in [0.15, 0.2) is 36.5 Å². The molecule has 25 heavy (non-hydrogen) atoms. The summed E-state index contributed by atoms with van der Waals surface area (Å²) < 4.78 is 0. The van der Waals surface area contributed by atoms with Gasteiger partial charge in [-0.2, -0.15) is 0 Å². The van der Waals surface area contributed by atoms with E-state index >= 15 is 0 Å². The number of benzene rings is 1. The monoisotopic (exact) mass is 341 g/mol. The van der Waals surface area contributed by atoms with Crippen LogP contribution >= 0.6 is 0 Å². The van der Waals surface area contributed by atoms with E-state index in [0.29, 0.717) is 6.54 Å². The van der Waals surface area contributed by atoms with Gasteiger partial charge in [-0.3, -0.25) is 9.88 Å². The van der Waals surface area contributed by atoms with Crippen molar-refractivity contribution in [2.45, 2.75) is 37.3 Å². The number of aliphatic hydroxyl groups is 2. The van der Waals surface area contributed by atoms with Crippen molar-refractivity contribution >= 4 is 16.6 Å². The van der Waals surface area contributed by atoms with Gasteiger partial charge in [0, 0.05) is 42.4 Å². The Hall–Kier alpha value is -1.69. The number of rotatable bonds is 4. The van der Waals surface area contributed by atoms with E-state index in [2.05, 4.69) is 39.0 Å². The Morgan fingerprint density at radius 1 is 1.12 bits per heavy atom. The Labute approximate surface area is 148 Å². The summed E-state index contributed by atoms with van der Waals surface area (Å²) in [7, 11) is 0. The normalized spacial score (nSPS) is 21.9. The average Bonchev–Trinajstić information content (AvgIpc) is 3.03. The van der Waals surface area contributed by atoms with Crippen LogP contribution in [-0.2, 0) is 0 Å². The lowest BCUT2D eigenvalue weighted by atomic mass is 9.84. The SMILES string of the molecule is OCC(O)CN1CCCC12CCN(c1ccc3ncccc3c1)CC2. The highest BCUT2D eigenvalue weighted by molar-refractivity contribution is 5.82. The van der Waals surface area contributed by atoms with Crippen LogP contribution in [0.2, 0.25) is 0 Å². The molecule has 2 aromatic rings. The Morgan fingerprint density at radius 2 is 1.96 bits per heavy atom. The molecule has 2 N–H and O–H groups in total. The first-order chi connectivity index (χ1) is 12.2. The second-order valence-corrected chi connectivity index (χ2v) is 7.48. The van der Waals surface area contributed by atoms with Gasteiger partial charge in [0.25, 0.3) is 0 Å². The third kappa shape index (κ3) is 3.24. The maximum Gasteiger partial charge on any atom is 0.0897 e. The number of hydrogen-bond donors (Lipinski definition) is 2. The average molecular weight is 341 g/mol. The van der Waals surface area contributed by atoms with E-state index in [-0.39, 0.29) is 12.1 Å². The molecule has 5 nitrogen and oxygen atoms in total. The molecule has 1 aromatic heterocycles. The summed E-state index contributed by atoms with van der Waals surface area (Å²) in [5.41, 5.74) is 2.53. The molecule has 1 aromatic carbocycles. The molecule has 0 amide bonds. The van der Waals surface area contributed by atoms with Gasteiger partial charge in [-0.25, -0.2) is 0 Å². The number of anilines is 1. The van der Waals surface area contributed by atoms with E-state index in [0.717, 1.165) is 38.0 Å². The zero-order valence-electron chi connectivity index (χ0n) is 14.6. The van der Waals surface area contributed by atoms with Crippen LogP contribution in [-0.4, -0.2) is 64.5 Å². The van der Waals surface area contributed by atoms with Gasteiger partial charge >= 0.3 is 0 Å². The second-order valence-electron chi connectivity index (χ2n) is 7.48. The van der Waals surface area contributed by atoms with E-state index in [1.807, 2.05) is 12.3 Å². The Kier molecular flexibility index (Phi) is 4.63. The summed E-state index contributed by atoms with van der Waals surface area (Å²) in [6, 6.07) is 10.6. The van der Waals surface area contributed by atoms with Crippen molar-refractivity contribution in [2.75, 3.05) is 37.7 Å². The third-order valence-corrected chi connectivity index (χ3v) is 6.03. The fourth-order valence-corrected chi connectivity index (χ4v) is 4.60. The highest BCUT2D eigenvalue weighted by Gasteiger charge is 2.43. The molecule has 2 fully saturated rings. The van der Waals surface area contributed by atoms with Crippen molar-refractivity contribution in [1.29, 1.82) is 0 Å². The number of fused-ring (bicyclic) bond motifs is 1.